The molecular weight excluding hydrogens is 328 g/mol. The first-order chi connectivity index (χ1) is 12.7. The van der Waals surface area contributed by atoms with Crippen LogP contribution in [0.1, 0.15) is 21.6 Å². The lowest BCUT2D eigenvalue weighted by Crippen LogP contribution is -2.45. The predicted molar refractivity (Wildman–Crippen MR) is 99.1 cm³/mol. The number of nitrogens with zero attached hydrogens (tertiary/aromatic N) is 4. The van der Waals surface area contributed by atoms with Gasteiger partial charge in [0.1, 0.15) is 5.65 Å². The lowest BCUT2D eigenvalue weighted by atomic mass is 10.1. The topological polar surface area (TPSA) is 61.1 Å². The molecule has 1 aromatic carbocycles. The normalized spacial score (nSPS) is 16.2. The molecule has 4 rings (SSSR count). The number of piperazine rings is 1. The molecule has 0 unspecified atom stereocenters. The summed E-state index contributed by atoms with van der Waals surface area (Å²) >= 11 is 0. The Balaban J connectivity index is 1.32. The van der Waals surface area contributed by atoms with Gasteiger partial charge < -0.3 is 9.51 Å². The van der Waals surface area contributed by atoms with E-state index in [0.717, 1.165) is 56.2 Å². The number of hydrogen-bond donors (Lipinski definition) is 1. The average molecular weight is 350 g/mol. The Bertz CT molecular complexity index is 880. The number of aromatic carboxylic acids is 1. The molecule has 6 nitrogen and oxygen atoms in total. The Kier molecular flexibility index (Phi) is 4.69. The van der Waals surface area contributed by atoms with E-state index in [1.807, 2.05) is 36.5 Å². The first-order valence-corrected chi connectivity index (χ1v) is 8.87. The van der Waals surface area contributed by atoms with Crippen molar-refractivity contribution in [2.24, 2.45) is 0 Å². The van der Waals surface area contributed by atoms with Gasteiger partial charge in [-0.05, 0) is 29.8 Å². The van der Waals surface area contributed by atoms with Gasteiger partial charge in [0.15, 0.2) is 0 Å². The summed E-state index contributed by atoms with van der Waals surface area (Å²) in [6.45, 7) is 5.60. The van der Waals surface area contributed by atoms with Crippen LogP contribution in [0.4, 0.5) is 0 Å². The van der Waals surface area contributed by atoms with Crippen LogP contribution >= 0.6 is 0 Å². The number of imidazole rings is 1. The molecule has 3 aromatic rings. The SMILES string of the molecule is O=C(O)c1cccc(CN2CCN(Cc3cn4ccccc4n3)CC2)c1. The molecule has 2 aromatic heterocycles. The highest BCUT2D eigenvalue weighted by atomic mass is 16.4. The Labute approximate surface area is 152 Å². The molecule has 1 saturated heterocycles. The van der Waals surface area contributed by atoms with Crippen molar-refractivity contribution in [2.75, 3.05) is 26.2 Å². The molecule has 1 aliphatic rings. The Morgan fingerprint density at radius 2 is 1.77 bits per heavy atom. The van der Waals surface area contributed by atoms with Crippen molar-refractivity contribution in [3.8, 4) is 0 Å². The van der Waals surface area contributed by atoms with Gasteiger partial charge in [0.25, 0.3) is 0 Å². The molecule has 0 spiro atoms. The zero-order valence-electron chi connectivity index (χ0n) is 14.6. The van der Waals surface area contributed by atoms with Crippen molar-refractivity contribution in [2.45, 2.75) is 13.1 Å². The van der Waals surface area contributed by atoms with Crippen LogP contribution in [0.2, 0.25) is 0 Å². The lowest BCUT2D eigenvalue weighted by Gasteiger charge is -2.34. The molecule has 0 saturated carbocycles. The molecule has 1 fully saturated rings. The molecule has 0 radical (unpaired) electrons. The van der Waals surface area contributed by atoms with Crippen molar-refractivity contribution < 1.29 is 9.90 Å². The van der Waals surface area contributed by atoms with Gasteiger partial charge in [-0.1, -0.05) is 18.2 Å². The van der Waals surface area contributed by atoms with Crippen LogP contribution in [0.25, 0.3) is 5.65 Å². The maximum Gasteiger partial charge on any atom is 0.335 e. The van der Waals surface area contributed by atoms with Crippen LogP contribution in [0.3, 0.4) is 0 Å². The van der Waals surface area contributed by atoms with Crippen LogP contribution in [-0.4, -0.2) is 56.4 Å². The monoisotopic (exact) mass is 350 g/mol. The van der Waals surface area contributed by atoms with E-state index >= 15 is 0 Å². The second-order valence-electron chi connectivity index (χ2n) is 6.76. The number of carboxylic acid groups (broad SMARTS) is 1. The minimum Gasteiger partial charge on any atom is -0.478 e. The summed E-state index contributed by atoms with van der Waals surface area (Å²) in [5, 5.41) is 9.11. The zero-order chi connectivity index (χ0) is 17.9. The molecule has 0 bridgehead atoms. The van der Waals surface area contributed by atoms with Crippen molar-refractivity contribution in [3.05, 3.63) is 71.7 Å². The Hall–Kier alpha value is -2.70. The van der Waals surface area contributed by atoms with Crippen molar-refractivity contribution >= 4 is 11.6 Å². The van der Waals surface area contributed by atoms with Gasteiger partial charge in [-0.15, -0.1) is 0 Å². The first-order valence-electron chi connectivity index (χ1n) is 8.87. The standard InChI is InChI=1S/C20H22N4O2/c25-20(26)17-5-3-4-16(12-17)13-22-8-10-23(11-9-22)14-18-15-24-7-2-1-6-19(24)21-18/h1-7,12,15H,8-11,13-14H2,(H,25,26). The van der Waals surface area contributed by atoms with Crippen LogP contribution in [0.5, 0.6) is 0 Å². The van der Waals surface area contributed by atoms with Gasteiger partial charge in [0.2, 0.25) is 0 Å². The molecule has 0 aliphatic carbocycles. The molecule has 134 valence electrons. The Morgan fingerprint density at radius 1 is 1.00 bits per heavy atom. The van der Waals surface area contributed by atoms with E-state index in [0.29, 0.717) is 5.56 Å². The summed E-state index contributed by atoms with van der Waals surface area (Å²) in [5.74, 6) is -0.871. The Morgan fingerprint density at radius 3 is 2.50 bits per heavy atom. The quantitative estimate of drug-likeness (QED) is 0.765. The highest BCUT2D eigenvalue weighted by molar-refractivity contribution is 5.87. The lowest BCUT2D eigenvalue weighted by molar-refractivity contribution is 0.0696. The number of rotatable bonds is 5. The van der Waals surface area contributed by atoms with E-state index in [1.165, 1.54) is 0 Å². The fourth-order valence-electron chi connectivity index (χ4n) is 3.46. The summed E-state index contributed by atoms with van der Waals surface area (Å²) in [5.41, 5.74) is 3.49. The van der Waals surface area contributed by atoms with E-state index in [-0.39, 0.29) is 0 Å². The summed E-state index contributed by atoms with van der Waals surface area (Å²) < 4.78 is 2.06. The minimum atomic E-state index is -0.871. The second kappa shape index (κ2) is 7.27. The molecular formula is C20H22N4O2. The van der Waals surface area contributed by atoms with Crippen LogP contribution in [0, 0.1) is 0 Å². The molecule has 1 N–H and O–H groups in total. The fourth-order valence-corrected chi connectivity index (χ4v) is 3.46. The van der Waals surface area contributed by atoms with Gasteiger partial charge in [0, 0.05) is 51.7 Å². The molecule has 0 amide bonds. The number of carbonyl (C=O) groups is 1. The first kappa shape index (κ1) is 16.8. The third-order valence-corrected chi connectivity index (χ3v) is 4.84. The number of aromatic nitrogens is 2. The van der Waals surface area contributed by atoms with Gasteiger partial charge in [-0.2, -0.15) is 0 Å². The minimum absolute atomic E-state index is 0.355. The van der Waals surface area contributed by atoms with Gasteiger partial charge >= 0.3 is 5.97 Å². The van der Waals surface area contributed by atoms with Gasteiger partial charge in [-0.3, -0.25) is 9.80 Å². The largest absolute Gasteiger partial charge is 0.478 e. The zero-order valence-corrected chi connectivity index (χ0v) is 14.6. The van der Waals surface area contributed by atoms with Crippen LogP contribution in [0.15, 0.2) is 54.9 Å². The number of hydrogen-bond acceptors (Lipinski definition) is 4. The number of benzene rings is 1. The smallest absolute Gasteiger partial charge is 0.335 e. The van der Waals surface area contributed by atoms with E-state index in [4.69, 9.17) is 5.11 Å². The summed E-state index contributed by atoms with van der Waals surface area (Å²) in [4.78, 5) is 20.6. The van der Waals surface area contributed by atoms with Crippen LogP contribution in [-0.2, 0) is 13.1 Å². The van der Waals surface area contributed by atoms with Gasteiger partial charge in [0.05, 0.1) is 11.3 Å². The van der Waals surface area contributed by atoms with Gasteiger partial charge in [-0.25, -0.2) is 9.78 Å². The third kappa shape index (κ3) is 3.76. The number of carboxylic acids is 1. The highest BCUT2D eigenvalue weighted by Gasteiger charge is 2.18. The van der Waals surface area contributed by atoms with Crippen molar-refractivity contribution in [3.63, 3.8) is 0 Å². The predicted octanol–water partition coefficient (Wildman–Crippen LogP) is 2.35. The molecule has 3 heterocycles. The molecule has 26 heavy (non-hydrogen) atoms. The molecule has 6 heteroatoms. The summed E-state index contributed by atoms with van der Waals surface area (Å²) in [6.07, 6.45) is 4.12. The summed E-state index contributed by atoms with van der Waals surface area (Å²) in [7, 11) is 0. The fraction of sp³-hybridized carbons (Fsp3) is 0.300. The number of fused-ring (bicyclic) bond motifs is 1. The molecule has 1 aliphatic heterocycles. The van der Waals surface area contributed by atoms with E-state index < -0.39 is 5.97 Å². The van der Waals surface area contributed by atoms with E-state index in [9.17, 15) is 4.79 Å². The summed E-state index contributed by atoms with van der Waals surface area (Å²) in [6, 6.07) is 13.3. The number of pyridine rings is 1. The van der Waals surface area contributed by atoms with Crippen molar-refractivity contribution in [1.82, 2.24) is 19.2 Å². The third-order valence-electron chi connectivity index (χ3n) is 4.84. The molecule has 0 atom stereocenters. The van der Waals surface area contributed by atoms with E-state index in [2.05, 4.69) is 25.4 Å². The second-order valence-corrected chi connectivity index (χ2v) is 6.76. The van der Waals surface area contributed by atoms with E-state index in [1.54, 1.807) is 12.1 Å². The highest BCUT2D eigenvalue weighted by Crippen LogP contribution is 2.13. The average Bonchev–Trinajstić information content (AvgIpc) is 3.06. The maximum atomic E-state index is 11.1. The maximum absolute atomic E-state index is 11.1. The van der Waals surface area contributed by atoms with Crippen LogP contribution < -0.4 is 0 Å². The van der Waals surface area contributed by atoms with Crippen molar-refractivity contribution in [1.29, 1.82) is 0 Å².